The van der Waals surface area contributed by atoms with Crippen LogP contribution in [0.25, 0.3) is 0 Å². The third-order valence-corrected chi connectivity index (χ3v) is 4.91. The van der Waals surface area contributed by atoms with E-state index in [4.69, 9.17) is 5.26 Å². The lowest BCUT2D eigenvalue weighted by Crippen LogP contribution is -2.31. The van der Waals surface area contributed by atoms with E-state index >= 15 is 0 Å². The molecule has 130 valence electrons. The van der Waals surface area contributed by atoms with Crippen LogP contribution in [0, 0.1) is 34.5 Å². The number of hydrogen-bond acceptors (Lipinski definition) is 4. The number of benzene rings is 1. The summed E-state index contributed by atoms with van der Waals surface area (Å²) in [7, 11) is 0. The lowest BCUT2D eigenvalue weighted by molar-refractivity contribution is -0.122. The highest BCUT2D eigenvalue weighted by Crippen LogP contribution is 2.41. The first kappa shape index (κ1) is 16.6. The fraction of sp³-hybridized carbons (Fsp3) is 0.143. The second-order valence-corrected chi connectivity index (χ2v) is 6.49. The highest BCUT2D eigenvalue weighted by atomic mass is 16.2. The molecular weight excluding hydrogens is 340 g/mol. The van der Waals surface area contributed by atoms with Gasteiger partial charge in [0.15, 0.2) is 0 Å². The average Bonchev–Trinajstić information content (AvgIpc) is 3.10. The van der Waals surface area contributed by atoms with Crippen molar-refractivity contribution in [3.05, 3.63) is 82.6 Å². The van der Waals surface area contributed by atoms with Crippen molar-refractivity contribution in [3.63, 3.8) is 0 Å². The summed E-state index contributed by atoms with van der Waals surface area (Å²) in [5.74, 6) is -1.60. The molecular formula is C21H14N4O2. The van der Waals surface area contributed by atoms with Gasteiger partial charge in [-0.25, -0.2) is 0 Å². The number of allylic oxidation sites excluding steroid dienone is 5. The van der Waals surface area contributed by atoms with Crippen LogP contribution in [0.5, 0.6) is 0 Å². The maximum absolute atomic E-state index is 12.7. The monoisotopic (exact) mass is 354 g/mol. The molecule has 2 aliphatic heterocycles. The van der Waals surface area contributed by atoms with Gasteiger partial charge < -0.3 is 10.6 Å². The first-order valence-electron chi connectivity index (χ1n) is 8.45. The third kappa shape index (κ3) is 2.74. The molecule has 0 aromatic heterocycles. The first-order valence-corrected chi connectivity index (χ1v) is 8.45. The summed E-state index contributed by atoms with van der Waals surface area (Å²) in [6.07, 6.45) is 8.78. The van der Waals surface area contributed by atoms with E-state index in [1.165, 1.54) is 0 Å². The quantitative estimate of drug-likeness (QED) is 0.846. The zero-order valence-corrected chi connectivity index (χ0v) is 14.1. The van der Waals surface area contributed by atoms with Crippen LogP contribution in [-0.2, 0) is 9.59 Å². The van der Waals surface area contributed by atoms with Crippen molar-refractivity contribution in [1.29, 1.82) is 10.5 Å². The molecule has 1 saturated heterocycles. The molecule has 0 radical (unpaired) electrons. The van der Waals surface area contributed by atoms with Crippen molar-refractivity contribution in [2.75, 3.05) is 0 Å². The van der Waals surface area contributed by atoms with Gasteiger partial charge in [0.1, 0.15) is 0 Å². The van der Waals surface area contributed by atoms with Crippen LogP contribution in [0.4, 0.5) is 0 Å². The van der Waals surface area contributed by atoms with Gasteiger partial charge in [-0.2, -0.15) is 10.5 Å². The van der Waals surface area contributed by atoms with E-state index in [0.717, 1.165) is 0 Å². The van der Waals surface area contributed by atoms with E-state index in [0.29, 0.717) is 28.0 Å². The molecule has 2 N–H and O–H groups in total. The number of nitriles is 2. The summed E-state index contributed by atoms with van der Waals surface area (Å²) in [6.45, 7) is 0. The minimum absolute atomic E-state index is 0.261. The van der Waals surface area contributed by atoms with Crippen LogP contribution < -0.4 is 10.6 Å². The largest absolute Gasteiger partial charge is 0.344 e. The summed E-state index contributed by atoms with van der Waals surface area (Å²) in [4.78, 5) is 25.4. The van der Waals surface area contributed by atoms with E-state index in [-0.39, 0.29) is 17.7 Å². The third-order valence-electron chi connectivity index (χ3n) is 4.91. The molecule has 1 aliphatic carbocycles. The molecule has 3 unspecified atom stereocenters. The van der Waals surface area contributed by atoms with Gasteiger partial charge in [-0.05, 0) is 23.8 Å². The summed E-state index contributed by atoms with van der Waals surface area (Å²) >= 11 is 0. The minimum atomic E-state index is -0.662. The molecule has 6 nitrogen and oxygen atoms in total. The SMILES string of the molecule is N#CC1=CC(C2=C3C(=O)NC(c4cccc(C#N)c4)C3C(=O)N2)C=CC=C1. The van der Waals surface area contributed by atoms with Crippen LogP contribution >= 0.6 is 0 Å². The Morgan fingerprint density at radius 2 is 1.93 bits per heavy atom. The zero-order chi connectivity index (χ0) is 19.0. The van der Waals surface area contributed by atoms with Gasteiger partial charge in [0.2, 0.25) is 11.8 Å². The van der Waals surface area contributed by atoms with Crippen molar-refractivity contribution >= 4 is 11.8 Å². The van der Waals surface area contributed by atoms with E-state index in [9.17, 15) is 14.9 Å². The molecule has 1 fully saturated rings. The second kappa shape index (κ2) is 6.44. The molecule has 3 aliphatic rings. The van der Waals surface area contributed by atoms with Crippen LogP contribution in [0.2, 0.25) is 0 Å². The van der Waals surface area contributed by atoms with Gasteiger partial charge in [0, 0.05) is 17.2 Å². The summed E-state index contributed by atoms with van der Waals surface area (Å²) in [5, 5.41) is 24.0. The fourth-order valence-corrected chi connectivity index (χ4v) is 3.70. The maximum Gasteiger partial charge on any atom is 0.250 e. The Morgan fingerprint density at radius 3 is 2.70 bits per heavy atom. The Kier molecular flexibility index (Phi) is 3.95. The van der Waals surface area contributed by atoms with Crippen molar-refractivity contribution in [1.82, 2.24) is 10.6 Å². The molecule has 4 rings (SSSR count). The Labute approximate surface area is 155 Å². The standard InChI is InChI=1S/C21H14N4O2/c22-10-12-4-1-2-6-14(8-12)18-16-17(21(27)24-18)19(25-20(16)26)15-7-3-5-13(9-15)11-23/h1-9,14,17,19H,(H,24,27)(H,25,26). The first-order chi connectivity index (χ1) is 13.1. The predicted octanol–water partition coefficient (Wildman–Crippen LogP) is 1.92. The van der Waals surface area contributed by atoms with Crippen molar-refractivity contribution in [3.8, 4) is 12.1 Å². The Bertz CT molecular complexity index is 1060. The number of carbonyl (C=O) groups is 2. The Morgan fingerprint density at radius 1 is 1.07 bits per heavy atom. The minimum Gasteiger partial charge on any atom is -0.344 e. The van der Waals surface area contributed by atoms with Crippen LogP contribution in [0.3, 0.4) is 0 Å². The highest BCUT2D eigenvalue weighted by molar-refractivity contribution is 6.08. The van der Waals surface area contributed by atoms with Gasteiger partial charge >= 0.3 is 0 Å². The van der Waals surface area contributed by atoms with Crippen LogP contribution in [-0.4, -0.2) is 11.8 Å². The summed E-state index contributed by atoms with van der Waals surface area (Å²) in [6, 6.07) is 10.5. The average molecular weight is 354 g/mol. The van der Waals surface area contributed by atoms with Gasteiger partial charge in [-0.1, -0.05) is 36.4 Å². The number of nitrogens with zero attached hydrogens (tertiary/aromatic N) is 2. The smallest absolute Gasteiger partial charge is 0.250 e. The topological polar surface area (TPSA) is 106 Å². The van der Waals surface area contributed by atoms with E-state index in [1.807, 2.05) is 6.08 Å². The van der Waals surface area contributed by atoms with Gasteiger partial charge in [-0.15, -0.1) is 0 Å². The summed E-state index contributed by atoms with van der Waals surface area (Å²) in [5.41, 5.74) is 2.56. The number of rotatable bonds is 2. The molecule has 6 heteroatoms. The van der Waals surface area contributed by atoms with Crippen molar-refractivity contribution in [2.45, 2.75) is 6.04 Å². The number of amides is 2. The lowest BCUT2D eigenvalue weighted by Gasteiger charge is -2.16. The van der Waals surface area contributed by atoms with E-state index < -0.39 is 12.0 Å². The molecule has 2 heterocycles. The van der Waals surface area contributed by atoms with E-state index in [1.54, 1.807) is 48.6 Å². The van der Waals surface area contributed by atoms with Crippen molar-refractivity contribution < 1.29 is 9.59 Å². The van der Waals surface area contributed by atoms with Gasteiger partial charge in [-0.3, -0.25) is 9.59 Å². The lowest BCUT2D eigenvalue weighted by atomic mass is 9.89. The Hall–Kier alpha value is -3.90. The van der Waals surface area contributed by atoms with Gasteiger partial charge in [0.05, 0.1) is 35.2 Å². The summed E-state index contributed by atoms with van der Waals surface area (Å²) < 4.78 is 0. The normalized spacial score (nSPS) is 25.9. The predicted molar refractivity (Wildman–Crippen MR) is 96.2 cm³/mol. The van der Waals surface area contributed by atoms with Crippen LogP contribution in [0.15, 0.2) is 71.5 Å². The number of nitrogens with one attached hydrogen (secondary N) is 2. The Balaban J connectivity index is 1.77. The molecule has 3 atom stereocenters. The molecule has 0 bridgehead atoms. The molecule has 0 saturated carbocycles. The van der Waals surface area contributed by atoms with Gasteiger partial charge in [0.25, 0.3) is 0 Å². The van der Waals surface area contributed by atoms with E-state index in [2.05, 4.69) is 22.8 Å². The fourth-order valence-electron chi connectivity index (χ4n) is 3.70. The molecule has 27 heavy (non-hydrogen) atoms. The number of carbonyl (C=O) groups excluding carboxylic acids is 2. The number of fused-ring (bicyclic) bond motifs is 1. The molecule has 2 amide bonds. The zero-order valence-electron chi connectivity index (χ0n) is 14.1. The second-order valence-electron chi connectivity index (χ2n) is 6.49. The molecule has 0 spiro atoms. The molecule has 1 aromatic carbocycles. The molecule has 1 aromatic rings. The highest BCUT2D eigenvalue weighted by Gasteiger charge is 2.49. The maximum atomic E-state index is 12.7. The van der Waals surface area contributed by atoms with Crippen LogP contribution in [0.1, 0.15) is 17.2 Å². The van der Waals surface area contributed by atoms with Crippen molar-refractivity contribution in [2.24, 2.45) is 11.8 Å². The number of hydrogen-bond donors (Lipinski definition) is 2.